The molecule has 2 aromatic rings. The number of nitrogens with one attached hydrogen (secondary N) is 1. The summed E-state index contributed by atoms with van der Waals surface area (Å²) in [6, 6.07) is 1.89. The van der Waals surface area contributed by atoms with Crippen molar-refractivity contribution in [3.05, 3.63) is 46.3 Å². The molecule has 3 aliphatic heterocycles. The molecule has 1 atom stereocenters. The number of aromatic hydroxyl groups is 2. The number of phenols is 2. The van der Waals surface area contributed by atoms with E-state index in [1.165, 1.54) is 26.0 Å². The molecule has 3 heterocycles. The van der Waals surface area contributed by atoms with Gasteiger partial charge in [0.1, 0.15) is 26.0 Å². The summed E-state index contributed by atoms with van der Waals surface area (Å²) in [7, 11) is 1.46. The third kappa shape index (κ3) is 4.58. The van der Waals surface area contributed by atoms with Crippen LogP contribution in [0.4, 0.5) is 4.39 Å². The third-order valence-corrected chi connectivity index (χ3v) is 7.67. The molecule has 14 nitrogen and oxygen atoms in total. The molecule has 0 aromatic heterocycles. The van der Waals surface area contributed by atoms with E-state index in [1.807, 2.05) is 4.90 Å². The minimum atomic E-state index is -3.81. The highest BCUT2D eigenvalue weighted by Gasteiger charge is 2.67. The zero-order chi connectivity index (χ0) is 29.9. The summed E-state index contributed by atoms with van der Waals surface area (Å²) in [6.07, 6.45) is 0. The first-order valence-electron chi connectivity index (χ1n) is 12.6. The van der Waals surface area contributed by atoms with Crippen LogP contribution in [0.3, 0.4) is 0 Å². The van der Waals surface area contributed by atoms with E-state index >= 15 is 4.39 Å². The molecule has 3 aliphatic rings. The van der Waals surface area contributed by atoms with Crippen molar-refractivity contribution in [3.63, 3.8) is 0 Å². The molecule has 5 rings (SSSR count). The Morgan fingerprint density at radius 1 is 1.07 bits per heavy atom. The van der Waals surface area contributed by atoms with Crippen LogP contribution in [0.2, 0.25) is 0 Å². The van der Waals surface area contributed by atoms with Crippen LogP contribution in [-0.2, 0) is 34.0 Å². The summed E-state index contributed by atoms with van der Waals surface area (Å²) in [4.78, 5) is 39.9. The van der Waals surface area contributed by atoms with E-state index in [0.29, 0.717) is 31.2 Å². The number of ether oxygens (including phenoxy) is 2. The zero-order valence-electron chi connectivity index (χ0n) is 21.8. The predicted octanol–water partition coefficient (Wildman–Crippen LogP) is -3.75. The topological polar surface area (TPSA) is 210 Å². The van der Waals surface area contributed by atoms with Gasteiger partial charge in [0.25, 0.3) is 23.5 Å². The number of benzene rings is 2. The number of carbonyl (C=O) groups excluding carboxylic acids is 3. The maximum atomic E-state index is 15.3. The van der Waals surface area contributed by atoms with E-state index in [2.05, 4.69) is 0 Å². The smallest absolute Gasteiger partial charge is 0.303 e. The van der Waals surface area contributed by atoms with Gasteiger partial charge >= 0.3 is 5.79 Å². The lowest BCUT2D eigenvalue weighted by Gasteiger charge is -2.44. The molecule has 0 saturated carbocycles. The number of aliphatic hydroxyl groups is 4. The maximum absolute atomic E-state index is 15.3. The number of rotatable bonds is 6. The van der Waals surface area contributed by atoms with Crippen LogP contribution >= 0.6 is 0 Å². The van der Waals surface area contributed by atoms with Crippen molar-refractivity contribution >= 4 is 31.0 Å². The van der Waals surface area contributed by atoms with Gasteiger partial charge in [-0.15, -0.1) is 0 Å². The van der Waals surface area contributed by atoms with Gasteiger partial charge in [0.15, 0.2) is 17.6 Å². The molecule has 0 aliphatic carbocycles. The first-order valence-corrected chi connectivity index (χ1v) is 12.6. The summed E-state index contributed by atoms with van der Waals surface area (Å²) in [5.74, 6) is -13.6. The molecule has 7 N–H and O–H groups in total. The summed E-state index contributed by atoms with van der Waals surface area (Å²) in [5, 5.41) is 63.6. The van der Waals surface area contributed by atoms with E-state index in [1.54, 1.807) is 5.32 Å². The molecular weight excluding hydrogens is 548 g/mol. The minimum absolute atomic E-state index is 0.0251. The highest BCUT2D eigenvalue weighted by Crippen LogP contribution is 2.38. The minimum Gasteiger partial charge on any atom is -0.508 e. The largest absolute Gasteiger partial charge is 0.508 e. The Hall–Kier alpha value is -3.80. The molecule has 0 bridgehead atoms. The number of nitrogens with zero attached hydrogens (tertiary/aromatic N) is 2. The van der Waals surface area contributed by atoms with Gasteiger partial charge in [-0.25, -0.2) is 4.39 Å². The fraction of sp³-hybridized carbons (Fsp3) is 0.400. The number of carbonyl (C=O) groups is 3. The molecule has 0 radical (unpaired) electrons. The molecule has 3 amide bonds. The van der Waals surface area contributed by atoms with E-state index in [9.17, 15) is 45.0 Å². The first kappa shape index (κ1) is 28.7. The van der Waals surface area contributed by atoms with Crippen molar-refractivity contribution in [3.8, 4) is 17.2 Å². The normalized spacial score (nSPS) is 22.0. The summed E-state index contributed by atoms with van der Waals surface area (Å²) in [6.45, 7) is 1.17. The second kappa shape index (κ2) is 10.2. The zero-order valence-corrected chi connectivity index (χ0v) is 21.8. The lowest BCUT2D eigenvalue weighted by Crippen LogP contribution is -2.79. The molecule has 2 saturated heterocycles. The monoisotopic (exact) mass is 575 g/mol. The van der Waals surface area contributed by atoms with Gasteiger partial charge in [0.2, 0.25) is 0 Å². The average molecular weight is 575 g/mol. The lowest BCUT2D eigenvalue weighted by molar-refractivity contribution is -0.355. The van der Waals surface area contributed by atoms with Crippen molar-refractivity contribution in [2.24, 2.45) is 0 Å². The highest BCUT2D eigenvalue weighted by molar-refractivity contribution is 6.35. The number of piperidine rings is 1. The van der Waals surface area contributed by atoms with Gasteiger partial charge in [-0.1, -0.05) is 6.07 Å². The van der Waals surface area contributed by atoms with Crippen molar-refractivity contribution in [2.45, 2.75) is 37.3 Å². The number of phenolic OH excluding ortho intramolecular Hbond substituents is 2. The Morgan fingerprint density at radius 3 is 2.44 bits per heavy atom. The molecule has 0 unspecified atom stereocenters. The number of hydrogen-bond acceptors (Lipinski definition) is 12. The number of imide groups is 1. The van der Waals surface area contributed by atoms with Crippen LogP contribution < -0.4 is 15.5 Å². The van der Waals surface area contributed by atoms with Crippen LogP contribution in [-0.4, -0.2) is 110 Å². The standard InChI is InChI=1S/C25H27BFN3O11/c26-16-14(17(27)19(32)13(18(16)31)8-29-4-6-40-7-5-29)10-41-15-3-1-2-11-12(15)9-30(22(11)34)20-21(33)28-23(35)25(38,39)24(20,36)37/h1-3,20,31-32,36-39H,4-10,26H2,(H,28,33,35)/t20-/m1/s1. The predicted molar refractivity (Wildman–Crippen MR) is 136 cm³/mol. The fourth-order valence-corrected chi connectivity index (χ4v) is 5.21. The molecule has 2 aromatic carbocycles. The van der Waals surface area contributed by atoms with E-state index in [4.69, 9.17) is 9.47 Å². The SMILES string of the molecule is Bc1c(O)c(CN2CCOCC2)c(O)c(F)c1COc1cccc2c1CN([C@@H]1C(=O)NC(=O)C(O)(O)C1(O)O)C2=O. The number of fused-ring (bicyclic) bond motifs is 1. The molecule has 16 heteroatoms. The van der Waals surface area contributed by atoms with Crippen LogP contribution in [0.15, 0.2) is 18.2 Å². The van der Waals surface area contributed by atoms with Gasteiger partial charge in [-0.05, 0) is 17.6 Å². The molecule has 41 heavy (non-hydrogen) atoms. The summed E-state index contributed by atoms with van der Waals surface area (Å²) < 4.78 is 26.4. The Bertz CT molecular complexity index is 1420. The van der Waals surface area contributed by atoms with Crippen LogP contribution in [0.25, 0.3) is 0 Å². The van der Waals surface area contributed by atoms with Crippen LogP contribution in [0, 0.1) is 5.82 Å². The van der Waals surface area contributed by atoms with Gasteiger partial charge in [-0.2, -0.15) is 0 Å². The van der Waals surface area contributed by atoms with Crippen molar-refractivity contribution in [1.82, 2.24) is 15.1 Å². The number of amides is 3. The Labute approximate surface area is 232 Å². The lowest BCUT2D eigenvalue weighted by atomic mass is 9.86. The Balaban J connectivity index is 1.40. The van der Waals surface area contributed by atoms with Crippen LogP contribution in [0.1, 0.15) is 27.0 Å². The second-order valence-electron chi connectivity index (χ2n) is 10.1. The van der Waals surface area contributed by atoms with E-state index in [-0.39, 0.29) is 45.8 Å². The van der Waals surface area contributed by atoms with Crippen LogP contribution in [0.5, 0.6) is 17.2 Å². The highest BCUT2D eigenvalue weighted by atomic mass is 19.1. The Morgan fingerprint density at radius 2 is 1.76 bits per heavy atom. The summed E-state index contributed by atoms with van der Waals surface area (Å²) in [5.41, 5.74) is 0.120. The second-order valence-corrected chi connectivity index (χ2v) is 10.1. The van der Waals surface area contributed by atoms with Gasteiger partial charge in [0, 0.05) is 36.3 Å². The molecule has 218 valence electrons. The van der Waals surface area contributed by atoms with Crippen molar-refractivity contribution in [2.75, 3.05) is 26.3 Å². The molecule has 0 spiro atoms. The summed E-state index contributed by atoms with van der Waals surface area (Å²) >= 11 is 0. The van der Waals surface area contributed by atoms with Gasteiger partial charge in [0.05, 0.1) is 25.3 Å². The maximum Gasteiger partial charge on any atom is 0.303 e. The van der Waals surface area contributed by atoms with E-state index in [0.717, 1.165) is 0 Å². The van der Waals surface area contributed by atoms with Gasteiger partial charge in [-0.3, -0.25) is 24.6 Å². The average Bonchev–Trinajstić information content (AvgIpc) is 3.26. The van der Waals surface area contributed by atoms with Crippen molar-refractivity contribution in [1.29, 1.82) is 0 Å². The quantitative estimate of drug-likeness (QED) is 0.101. The first-order chi connectivity index (χ1) is 19.3. The Kier molecular flexibility index (Phi) is 7.17. The third-order valence-electron chi connectivity index (χ3n) is 7.67. The molecular formula is C25H27BFN3O11. The number of morpholine rings is 1. The van der Waals surface area contributed by atoms with E-state index < -0.39 is 60.1 Å². The number of halogens is 1. The van der Waals surface area contributed by atoms with Crippen molar-refractivity contribution < 1.29 is 58.9 Å². The molecule has 2 fully saturated rings. The van der Waals surface area contributed by atoms with Gasteiger partial charge < -0.3 is 45.0 Å². The number of hydrogen-bond donors (Lipinski definition) is 7. The fourth-order valence-electron chi connectivity index (χ4n) is 5.21.